The van der Waals surface area contributed by atoms with Crippen LogP contribution in [0.5, 0.6) is 0 Å². The Labute approximate surface area is 125 Å². The molecule has 2 aliphatic heterocycles. The molecule has 4 heterocycles. The molecule has 2 aromatic rings. The summed E-state index contributed by atoms with van der Waals surface area (Å²) >= 11 is 0. The minimum atomic E-state index is -0.306. The molecule has 1 N–H and O–H groups in total. The second-order valence-electron chi connectivity index (χ2n) is 5.58. The summed E-state index contributed by atoms with van der Waals surface area (Å²) in [6, 6.07) is -0.406. The first-order valence-electron chi connectivity index (χ1n) is 7.06. The Morgan fingerprint density at radius 2 is 2.05 bits per heavy atom. The molecule has 0 aromatic carbocycles. The normalized spacial score (nSPS) is 19.0. The van der Waals surface area contributed by atoms with Crippen LogP contribution in [-0.2, 0) is 11.8 Å². The predicted molar refractivity (Wildman–Crippen MR) is 77.3 cm³/mol. The lowest BCUT2D eigenvalue weighted by Gasteiger charge is -2.43. The van der Waals surface area contributed by atoms with Gasteiger partial charge >= 0.3 is 6.03 Å². The number of imide groups is 1. The zero-order valence-electron chi connectivity index (χ0n) is 12.3. The molecule has 0 bridgehead atoms. The molecule has 9 nitrogen and oxygen atoms in total. The fourth-order valence-corrected chi connectivity index (χ4v) is 2.95. The molecule has 0 radical (unpaired) electrons. The van der Waals surface area contributed by atoms with E-state index in [9.17, 15) is 9.59 Å². The molecule has 2 fully saturated rings. The van der Waals surface area contributed by atoms with Crippen molar-refractivity contribution in [2.45, 2.75) is 13.0 Å². The molecule has 3 amide bonds. The Balaban J connectivity index is 1.61. The maximum absolute atomic E-state index is 11.7. The van der Waals surface area contributed by atoms with E-state index in [0.717, 1.165) is 16.9 Å². The molecule has 0 atom stereocenters. The van der Waals surface area contributed by atoms with Crippen molar-refractivity contribution in [1.82, 2.24) is 30.0 Å². The average Bonchev–Trinajstić information content (AvgIpc) is 2.95. The molecule has 9 heteroatoms. The molecule has 2 aliphatic rings. The first-order valence-corrected chi connectivity index (χ1v) is 7.06. The number of aromatic nitrogens is 4. The zero-order chi connectivity index (χ0) is 15.4. The number of hydrogen-bond acceptors (Lipinski definition) is 6. The summed E-state index contributed by atoms with van der Waals surface area (Å²) in [7, 11) is 1.84. The standard InChI is InChI=1S/C13H15N7O2/c1-7-16-11-9(3-15-18(11)2)12(17-7)19-5-8(6-19)20-10(21)4-14-13(20)22/h3,8H,4-6H2,1-2H3,(H,14,22). The van der Waals surface area contributed by atoms with Gasteiger partial charge in [0.1, 0.15) is 11.6 Å². The van der Waals surface area contributed by atoms with Crippen molar-refractivity contribution in [3.63, 3.8) is 0 Å². The van der Waals surface area contributed by atoms with Gasteiger partial charge in [0.15, 0.2) is 5.65 Å². The maximum Gasteiger partial charge on any atom is 0.324 e. The Morgan fingerprint density at radius 1 is 1.27 bits per heavy atom. The average molecular weight is 301 g/mol. The van der Waals surface area contributed by atoms with Crippen LogP contribution in [0.15, 0.2) is 6.20 Å². The van der Waals surface area contributed by atoms with Gasteiger partial charge in [-0.15, -0.1) is 0 Å². The van der Waals surface area contributed by atoms with Crippen LogP contribution in [0, 0.1) is 6.92 Å². The van der Waals surface area contributed by atoms with Gasteiger partial charge in [0.25, 0.3) is 0 Å². The third kappa shape index (κ3) is 1.74. The summed E-state index contributed by atoms with van der Waals surface area (Å²) in [5.74, 6) is 1.31. The highest BCUT2D eigenvalue weighted by molar-refractivity contribution is 6.02. The largest absolute Gasteiger partial charge is 0.352 e. The second kappa shape index (κ2) is 4.39. The summed E-state index contributed by atoms with van der Waals surface area (Å²) in [4.78, 5) is 35.6. The fraction of sp³-hybridized carbons (Fsp3) is 0.462. The van der Waals surface area contributed by atoms with Crippen LogP contribution in [0.3, 0.4) is 0 Å². The minimum absolute atomic E-state index is 0.0921. The van der Waals surface area contributed by atoms with Crippen molar-refractivity contribution in [2.75, 3.05) is 24.5 Å². The highest BCUT2D eigenvalue weighted by atomic mass is 16.2. The lowest BCUT2D eigenvalue weighted by molar-refractivity contribution is -0.126. The monoisotopic (exact) mass is 301 g/mol. The first kappa shape index (κ1) is 13.0. The van der Waals surface area contributed by atoms with Crippen molar-refractivity contribution in [3.05, 3.63) is 12.0 Å². The second-order valence-corrected chi connectivity index (χ2v) is 5.58. The lowest BCUT2D eigenvalue weighted by Crippen LogP contribution is -2.61. The van der Waals surface area contributed by atoms with E-state index in [4.69, 9.17) is 0 Å². The first-order chi connectivity index (χ1) is 10.5. The van der Waals surface area contributed by atoms with E-state index >= 15 is 0 Å². The van der Waals surface area contributed by atoms with Crippen molar-refractivity contribution >= 4 is 28.8 Å². The number of carbonyl (C=O) groups excluding carboxylic acids is 2. The van der Waals surface area contributed by atoms with E-state index in [1.807, 2.05) is 18.9 Å². The van der Waals surface area contributed by atoms with Gasteiger partial charge in [-0.1, -0.05) is 0 Å². The van der Waals surface area contributed by atoms with Gasteiger partial charge in [0.2, 0.25) is 5.91 Å². The number of urea groups is 1. The number of anilines is 1. The smallest absolute Gasteiger partial charge is 0.324 e. The van der Waals surface area contributed by atoms with Gasteiger partial charge < -0.3 is 10.2 Å². The van der Waals surface area contributed by atoms with Crippen LogP contribution in [0.25, 0.3) is 11.0 Å². The van der Waals surface area contributed by atoms with Crippen molar-refractivity contribution < 1.29 is 9.59 Å². The van der Waals surface area contributed by atoms with E-state index in [1.54, 1.807) is 10.9 Å². The van der Waals surface area contributed by atoms with Crippen LogP contribution in [0.1, 0.15) is 5.82 Å². The van der Waals surface area contributed by atoms with Crippen LogP contribution < -0.4 is 10.2 Å². The number of fused-ring (bicyclic) bond motifs is 1. The van der Waals surface area contributed by atoms with Crippen molar-refractivity contribution in [1.29, 1.82) is 0 Å². The van der Waals surface area contributed by atoms with Gasteiger partial charge in [-0.25, -0.2) is 14.8 Å². The topological polar surface area (TPSA) is 96.3 Å². The number of hydrogen-bond donors (Lipinski definition) is 1. The third-order valence-corrected chi connectivity index (χ3v) is 4.09. The number of rotatable bonds is 2. The molecular weight excluding hydrogens is 286 g/mol. The van der Waals surface area contributed by atoms with Gasteiger partial charge in [0.05, 0.1) is 24.2 Å². The van der Waals surface area contributed by atoms with Crippen molar-refractivity contribution in [3.8, 4) is 0 Å². The van der Waals surface area contributed by atoms with Crippen LogP contribution in [0.4, 0.5) is 10.6 Å². The summed E-state index contributed by atoms with van der Waals surface area (Å²) in [5.41, 5.74) is 0.779. The molecule has 114 valence electrons. The van der Waals surface area contributed by atoms with E-state index < -0.39 is 0 Å². The summed E-state index contributed by atoms with van der Waals surface area (Å²) < 4.78 is 1.71. The number of amides is 3. The number of nitrogens with zero attached hydrogens (tertiary/aromatic N) is 6. The highest BCUT2D eigenvalue weighted by Gasteiger charge is 2.42. The van der Waals surface area contributed by atoms with Gasteiger partial charge in [-0.3, -0.25) is 14.4 Å². The molecule has 22 heavy (non-hydrogen) atoms. The summed E-state index contributed by atoms with van der Waals surface area (Å²) in [6.45, 7) is 3.10. The van der Waals surface area contributed by atoms with Gasteiger partial charge in [-0.05, 0) is 6.92 Å². The maximum atomic E-state index is 11.7. The predicted octanol–water partition coefficient (Wildman–Crippen LogP) is -0.588. The van der Waals surface area contributed by atoms with E-state index in [-0.39, 0.29) is 24.5 Å². The van der Waals surface area contributed by atoms with Crippen LogP contribution >= 0.6 is 0 Å². The fourth-order valence-electron chi connectivity index (χ4n) is 2.95. The number of nitrogens with one attached hydrogen (secondary N) is 1. The molecule has 4 rings (SSSR count). The molecule has 0 aliphatic carbocycles. The SMILES string of the molecule is Cc1nc(N2CC(N3C(=O)CNC3=O)C2)c2cnn(C)c2n1. The Hall–Kier alpha value is -2.71. The Bertz CT molecular complexity index is 777. The lowest BCUT2D eigenvalue weighted by atomic mass is 10.1. The number of aryl methyl sites for hydroxylation is 2. The third-order valence-electron chi connectivity index (χ3n) is 4.09. The van der Waals surface area contributed by atoms with Gasteiger partial charge in [-0.2, -0.15) is 5.10 Å². The van der Waals surface area contributed by atoms with Crippen molar-refractivity contribution in [2.24, 2.45) is 7.05 Å². The van der Waals surface area contributed by atoms with E-state index in [1.165, 1.54) is 4.90 Å². The van der Waals surface area contributed by atoms with E-state index in [0.29, 0.717) is 18.9 Å². The van der Waals surface area contributed by atoms with E-state index in [2.05, 4.69) is 20.4 Å². The molecule has 0 saturated carbocycles. The molecule has 2 saturated heterocycles. The van der Waals surface area contributed by atoms with Crippen LogP contribution in [-0.4, -0.2) is 62.3 Å². The summed E-state index contributed by atoms with van der Waals surface area (Å²) in [6.07, 6.45) is 1.74. The quantitative estimate of drug-likeness (QED) is 0.745. The summed E-state index contributed by atoms with van der Waals surface area (Å²) in [5, 5.41) is 7.64. The number of carbonyl (C=O) groups is 2. The molecule has 0 spiro atoms. The van der Waals surface area contributed by atoms with Gasteiger partial charge in [0, 0.05) is 20.1 Å². The molecule has 0 unspecified atom stereocenters. The Kier molecular flexibility index (Phi) is 2.59. The minimum Gasteiger partial charge on any atom is -0.352 e. The highest BCUT2D eigenvalue weighted by Crippen LogP contribution is 2.29. The van der Waals surface area contributed by atoms with Crippen LogP contribution in [0.2, 0.25) is 0 Å². The Morgan fingerprint density at radius 3 is 2.73 bits per heavy atom. The molecule has 2 aromatic heterocycles. The zero-order valence-corrected chi connectivity index (χ0v) is 12.3. The molecular formula is C13H15N7O2.